The van der Waals surface area contributed by atoms with Gasteiger partial charge < -0.3 is 4.90 Å². The molecule has 0 radical (unpaired) electrons. The van der Waals surface area contributed by atoms with E-state index in [2.05, 4.69) is 84.1 Å². The molecule has 2 heterocycles. The van der Waals surface area contributed by atoms with E-state index < -0.39 is 0 Å². The van der Waals surface area contributed by atoms with E-state index >= 15 is 0 Å². The Morgan fingerprint density at radius 2 is 1.68 bits per heavy atom. The van der Waals surface area contributed by atoms with Gasteiger partial charge in [0.25, 0.3) is 0 Å². The van der Waals surface area contributed by atoms with Crippen molar-refractivity contribution in [3.63, 3.8) is 0 Å². The summed E-state index contributed by atoms with van der Waals surface area (Å²) in [6, 6.07) is 13.3. The van der Waals surface area contributed by atoms with Crippen LogP contribution in [-0.4, -0.2) is 41.3 Å². The summed E-state index contributed by atoms with van der Waals surface area (Å²) < 4.78 is 0. The van der Waals surface area contributed by atoms with E-state index in [0.717, 1.165) is 38.4 Å². The van der Waals surface area contributed by atoms with E-state index in [1.807, 2.05) is 6.20 Å². The van der Waals surface area contributed by atoms with Crippen LogP contribution in [0.15, 0.2) is 42.6 Å². The zero-order valence-electron chi connectivity index (χ0n) is 17.4. The molecule has 146 valence electrons. The fraction of sp³-hybridized carbons (Fsp3) is 0.375. The minimum Gasteiger partial charge on any atom is -0.369 e. The van der Waals surface area contributed by atoms with E-state index in [1.54, 1.807) is 0 Å². The molecule has 4 nitrogen and oxygen atoms in total. The van der Waals surface area contributed by atoms with Gasteiger partial charge in [-0.05, 0) is 62.1 Å². The lowest BCUT2D eigenvalue weighted by Crippen LogP contribution is -2.46. The molecule has 1 aliphatic rings. The summed E-state index contributed by atoms with van der Waals surface area (Å²) in [6.45, 7) is 14.0. The first-order valence-electron chi connectivity index (χ1n) is 10.2. The van der Waals surface area contributed by atoms with Crippen LogP contribution < -0.4 is 4.90 Å². The average molecular weight is 375 g/mol. The van der Waals surface area contributed by atoms with Gasteiger partial charge in [-0.15, -0.1) is 0 Å². The second-order valence-corrected chi connectivity index (χ2v) is 8.05. The van der Waals surface area contributed by atoms with Crippen LogP contribution >= 0.6 is 0 Å². The van der Waals surface area contributed by atoms with Crippen LogP contribution in [-0.2, 0) is 6.54 Å². The molecule has 3 aromatic rings. The first-order chi connectivity index (χ1) is 13.5. The SMILES string of the molecule is Cc1ccc(-c2[nH]ncc2CN2CCN(c3cccc(C)c3C)CC2)cc1C. The maximum atomic E-state index is 4.34. The number of hydrogen-bond acceptors (Lipinski definition) is 3. The first-order valence-corrected chi connectivity index (χ1v) is 10.2. The molecule has 0 spiro atoms. The van der Waals surface area contributed by atoms with Crippen LogP contribution in [0.4, 0.5) is 5.69 Å². The van der Waals surface area contributed by atoms with Crippen molar-refractivity contribution in [3.8, 4) is 11.3 Å². The quantitative estimate of drug-likeness (QED) is 0.723. The van der Waals surface area contributed by atoms with Crippen LogP contribution in [0.2, 0.25) is 0 Å². The van der Waals surface area contributed by atoms with Gasteiger partial charge in [-0.1, -0.05) is 24.3 Å². The van der Waals surface area contributed by atoms with Gasteiger partial charge in [-0.2, -0.15) is 5.10 Å². The molecule has 1 aromatic heterocycles. The zero-order chi connectivity index (χ0) is 19.7. The van der Waals surface area contributed by atoms with Gasteiger partial charge in [0.1, 0.15) is 0 Å². The molecule has 4 heteroatoms. The molecule has 1 fully saturated rings. The third-order valence-electron chi connectivity index (χ3n) is 6.20. The summed E-state index contributed by atoms with van der Waals surface area (Å²) in [7, 11) is 0. The lowest BCUT2D eigenvalue weighted by atomic mass is 10.0. The fourth-order valence-electron chi connectivity index (χ4n) is 4.04. The highest BCUT2D eigenvalue weighted by atomic mass is 15.3. The Bertz CT molecular complexity index is 964. The summed E-state index contributed by atoms with van der Waals surface area (Å²) in [4.78, 5) is 5.06. The normalized spacial score (nSPS) is 15.2. The Balaban J connectivity index is 1.44. The van der Waals surface area contributed by atoms with Gasteiger partial charge in [-0.3, -0.25) is 10.00 Å². The predicted octanol–water partition coefficient (Wildman–Crippen LogP) is 4.63. The molecular formula is C24H30N4. The van der Waals surface area contributed by atoms with Gasteiger partial charge in [0.15, 0.2) is 0 Å². The molecule has 1 N–H and O–H groups in total. The van der Waals surface area contributed by atoms with E-state index in [9.17, 15) is 0 Å². The molecule has 0 aliphatic carbocycles. The van der Waals surface area contributed by atoms with Gasteiger partial charge in [-0.25, -0.2) is 0 Å². The van der Waals surface area contributed by atoms with E-state index in [4.69, 9.17) is 0 Å². The van der Waals surface area contributed by atoms with Crippen molar-refractivity contribution in [2.45, 2.75) is 34.2 Å². The number of benzene rings is 2. The molecule has 0 atom stereocenters. The summed E-state index contributed by atoms with van der Waals surface area (Å²) in [6.07, 6.45) is 1.99. The molecule has 28 heavy (non-hydrogen) atoms. The van der Waals surface area contributed by atoms with Crippen molar-refractivity contribution in [2.75, 3.05) is 31.1 Å². The van der Waals surface area contributed by atoms with Crippen LogP contribution in [0, 0.1) is 27.7 Å². The second-order valence-electron chi connectivity index (χ2n) is 8.05. The Labute approximate surface area is 168 Å². The largest absolute Gasteiger partial charge is 0.369 e. The van der Waals surface area contributed by atoms with Crippen LogP contribution in [0.3, 0.4) is 0 Å². The molecule has 0 amide bonds. The highest BCUT2D eigenvalue weighted by Crippen LogP contribution is 2.27. The minimum absolute atomic E-state index is 0.944. The van der Waals surface area contributed by atoms with Crippen molar-refractivity contribution in [2.24, 2.45) is 0 Å². The Kier molecular flexibility index (Phi) is 5.23. The molecule has 2 aromatic carbocycles. The fourth-order valence-corrected chi connectivity index (χ4v) is 4.04. The number of anilines is 1. The summed E-state index contributed by atoms with van der Waals surface area (Å²) in [5.41, 5.74) is 10.5. The molecule has 0 bridgehead atoms. The number of rotatable bonds is 4. The molecule has 0 saturated carbocycles. The number of H-pyrrole nitrogens is 1. The monoisotopic (exact) mass is 374 g/mol. The van der Waals surface area contributed by atoms with Gasteiger partial charge in [0.2, 0.25) is 0 Å². The van der Waals surface area contributed by atoms with Crippen LogP contribution in [0.25, 0.3) is 11.3 Å². The minimum atomic E-state index is 0.944. The Morgan fingerprint density at radius 1 is 0.893 bits per heavy atom. The highest BCUT2D eigenvalue weighted by Gasteiger charge is 2.20. The third kappa shape index (κ3) is 3.69. The van der Waals surface area contributed by atoms with Gasteiger partial charge in [0.05, 0.1) is 11.9 Å². The maximum absolute atomic E-state index is 4.34. The van der Waals surface area contributed by atoms with E-state index in [0.29, 0.717) is 0 Å². The van der Waals surface area contributed by atoms with Crippen LogP contribution in [0.1, 0.15) is 27.8 Å². The van der Waals surface area contributed by atoms with E-state index in [1.165, 1.54) is 39.1 Å². The average Bonchev–Trinajstić information content (AvgIpc) is 3.15. The standard InChI is InChI=1S/C24H30N4/c1-17-8-9-21(14-19(17)3)24-22(15-25-26-24)16-27-10-12-28(13-11-27)23-7-5-6-18(2)20(23)4/h5-9,14-15H,10-13,16H2,1-4H3,(H,25,26). The number of aromatic amines is 1. The van der Waals surface area contributed by atoms with Gasteiger partial charge in [0, 0.05) is 49.5 Å². The molecular weight excluding hydrogens is 344 g/mol. The summed E-state index contributed by atoms with van der Waals surface area (Å²) >= 11 is 0. The van der Waals surface area contributed by atoms with Crippen molar-refractivity contribution >= 4 is 5.69 Å². The second kappa shape index (κ2) is 7.80. The van der Waals surface area contributed by atoms with Crippen molar-refractivity contribution in [3.05, 3.63) is 70.4 Å². The number of nitrogens with one attached hydrogen (secondary N) is 1. The van der Waals surface area contributed by atoms with Crippen molar-refractivity contribution in [1.82, 2.24) is 15.1 Å². The zero-order valence-corrected chi connectivity index (χ0v) is 17.4. The number of hydrogen-bond donors (Lipinski definition) is 1. The lowest BCUT2D eigenvalue weighted by molar-refractivity contribution is 0.250. The summed E-state index contributed by atoms with van der Waals surface area (Å²) in [5.74, 6) is 0. The topological polar surface area (TPSA) is 35.2 Å². The molecule has 0 unspecified atom stereocenters. The van der Waals surface area contributed by atoms with Crippen molar-refractivity contribution in [1.29, 1.82) is 0 Å². The number of aryl methyl sites for hydroxylation is 3. The third-order valence-corrected chi connectivity index (χ3v) is 6.20. The van der Waals surface area contributed by atoms with Crippen LogP contribution in [0.5, 0.6) is 0 Å². The number of piperazine rings is 1. The van der Waals surface area contributed by atoms with Crippen molar-refractivity contribution < 1.29 is 0 Å². The molecule has 1 saturated heterocycles. The molecule has 4 rings (SSSR count). The Hall–Kier alpha value is -2.59. The number of aromatic nitrogens is 2. The Morgan fingerprint density at radius 3 is 2.43 bits per heavy atom. The van der Waals surface area contributed by atoms with Gasteiger partial charge >= 0.3 is 0 Å². The lowest BCUT2D eigenvalue weighted by Gasteiger charge is -2.37. The molecule has 1 aliphatic heterocycles. The number of nitrogens with zero attached hydrogens (tertiary/aromatic N) is 3. The smallest absolute Gasteiger partial charge is 0.0695 e. The maximum Gasteiger partial charge on any atom is 0.0695 e. The van der Waals surface area contributed by atoms with E-state index in [-0.39, 0.29) is 0 Å². The summed E-state index contributed by atoms with van der Waals surface area (Å²) in [5, 5.41) is 7.56. The predicted molar refractivity (Wildman–Crippen MR) is 117 cm³/mol. The highest BCUT2D eigenvalue weighted by molar-refractivity contribution is 5.64. The first kappa shape index (κ1) is 18.8.